The van der Waals surface area contributed by atoms with Gasteiger partial charge in [-0.05, 0) is 77.0 Å². The van der Waals surface area contributed by atoms with E-state index in [4.69, 9.17) is 21.9 Å². The number of nitrogens with one attached hydrogen (secondary N) is 2. The van der Waals surface area contributed by atoms with Crippen LogP contribution in [0.25, 0.3) is 6.08 Å². The Morgan fingerprint density at radius 1 is 1.02 bits per heavy atom. The molecule has 1 heterocycles. The molecular formula is C32H50ClN7O2. The molecule has 3 rings (SSSR count). The summed E-state index contributed by atoms with van der Waals surface area (Å²) >= 11 is 6.26. The highest BCUT2D eigenvalue weighted by Crippen LogP contribution is 2.28. The van der Waals surface area contributed by atoms with E-state index in [9.17, 15) is 0 Å². The van der Waals surface area contributed by atoms with Gasteiger partial charge < -0.3 is 20.6 Å². The lowest BCUT2D eigenvalue weighted by molar-refractivity contribution is -0.0664. The van der Waals surface area contributed by atoms with Crippen LogP contribution in [0, 0.1) is 6.92 Å². The van der Waals surface area contributed by atoms with Crippen molar-refractivity contribution in [2.75, 3.05) is 52.0 Å². The van der Waals surface area contributed by atoms with Crippen molar-refractivity contribution in [3.63, 3.8) is 0 Å². The number of allylic oxidation sites excluding steroid dienone is 3. The van der Waals surface area contributed by atoms with Crippen LogP contribution in [-0.4, -0.2) is 71.7 Å². The van der Waals surface area contributed by atoms with Crippen LogP contribution in [-0.2, 0) is 12.8 Å². The number of nitrogens with zero attached hydrogens (tertiary/aromatic N) is 4. The Balaban J connectivity index is 0.000000735. The second-order valence-corrected chi connectivity index (χ2v) is 9.76. The van der Waals surface area contributed by atoms with Gasteiger partial charge in [-0.3, -0.25) is 5.21 Å². The van der Waals surface area contributed by atoms with Gasteiger partial charge in [0.15, 0.2) is 11.6 Å². The summed E-state index contributed by atoms with van der Waals surface area (Å²) in [6, 6.07) is 14.7. The molecule has 0 spiro atoms. The highest BCUT2D eigenvalue weighted by Gasteiger charge is 2.08. The van der Waals surface area contributed by atoms with Crippen molar-refractivity contribution in [2.45, 2.75) is 40.5 Å². The van der Waals surface area contributed by atoms with Crippen molar-refractivity contribution in [1.82, 2.24) is 20.0 Å². The Kier molecular flexibility index (Phi) is 21.4. The standard InChI is InChI=1S/C18H21ClN4.C11H17N.C2H6O.CH6N2O/c1-4-6-7-8-14-12-21-18(17(20-3)22-14)23-16-11-13(5-2)9-10-15(16)19;1-10-5-4-6-11(9-10)7-8-12(2)3;1-2-3;1-3(2)4/h4,6-12H,5H2,1-3H3,(H,20,22)(H,21,23);4-6,9H,7-8H2,1-3H3;3H,2H2,1H3;4H,2H2,1H3/b6-4-,8-7-;;;. The van der Waals surface area contributed by atoms with Crippen LogP contribution in [0.4, 0.5) is 17.3 Å². The number of hydrogen-bond acceptors (Lipinski definition) is 9. The van der Waals surface area contributed by atoms with Crippen LogP contribution in [0.1, 0.15) is 43.2 Å². The number of aryl methyl sites for hydroxylation is 2. The molecule has 0 amide bonds. The van der Waals surface area contributed by atoms with E-state index in [1.54, 1.807) is 13.1 Å². The number of anilines is 3. The molecule has 0 aliphatic heterocycles. The van der Waals surface area contributed by atoms with Crippen molar-refractivity contribution in [3.8, 4) is 0 Å². The number of benzene rings is 2. The van der Waals surface area contributed by atoms with E-state index in [-0.39, 0.29) is 6.61 Å². The summed E-state index contributed by atoms with van der Waals surface area (Å²) in [5.41, 5.74) is 5.61. The second kappa shape index (κ2) is 23.3. The van der Waals surface area contributed by atoms with Crippen LogP contribution in [0.3, 0.4) is 0 Å². The molecule has 0 aliphatic carbocycles. The number of aromatic nitrogens is 2. The fourth-order valence-electron chi connectivity index (χ4n) is 3.25. The highest BCUT2D eigenvalue weighted by atomic mass is 35.5. The topological polar surface area (TPSA) is 123 Å². The first-order valence-electron chi connectivity index (χ1n) is 13.9. The molecule has 232 valence electrons. The van der Waals surface area contributed by atoms with Gasteiger partial charge in [-0.1, -0.05) is 72.6 Å². The van der Waals surface area contributed by atoms with E-state index in [1.807, 2.05) is 56.5 Å². The van der Waals surface area contributed by atoms with Crippen LogP contribution < -0.4 is 16.5 Å². The fourth-order valence-corrected chi connectivity index (χ4v) is 3.41. The Morgan fingerprint density at radius 2 is 1.69 bits per heavy atom. The number of halogens is 1. The third-order valence-electron chi connectivity index (χ3n) is 5.22. The molecule has 2 aromatic carbocycles. The summed E-state index contributed by atoms with van der Waals surface area (Å²) < 4.78 is 0. The van der Waals surface area contributed by atoms with Crippen molar-refractivity contribution in [3.05, 3.63) is 94.3 Å². The molecule has 0 bridgehead atoms. The summed E-state index contributed by atoms with van der Waals surface area (Å²) in [6.07, 6.45) is 11.6. The summed E-state index contributed by atoms with van der Waals surface area (Å²) in [5.74, 6) is 5.82. The Morgan fingerprint density at radius 3 is 2.24 bits per heavy atom. The average molecular weight is 600 g/mol. The first kappa shape index (κ1) is 38.7. The van der Waals surface area contributed by atoms with Crippen LogP contribution in [0.15, 0.2) is 66.9 Å². The predicted molar refractivity (Wildman–Crippen MR) is 179 cm³/mol. The molecule has 0 aliphatic rings. The van der Waals surface area contributed by atoms with Crippen molar-refractivity contribution < 1.29 is 10.3 Å². The number of aliphatic hydroxyl groups excluding tert-OH is 1. The lowest BCUT2D eigenvalue weighted by Gasteiger charge is -2.12. The highest BCUT2D eigenvalue weighted by molar-refractivity contribution is 6.33. The number of hydroxylamine groups is 1. The number of aliphatic hydroxyl groups is 1. The largest absolute Gasteiger partial charge is 0.397 e. The summed E-state index contributed by atoms with van der Waals surface area (Å²) in [5, 5.41) is 22.7. The van der Waals surface area contributed by atoms with E-state index >= 15 is 0 Å². The first-order chi connectivity index (χ1) is 20.0. The van der Waals surface area contributed by atoms with Gasteiger partial charge in [-0.25, -0.2) is 15.8 Å². The number of nitrogens with two attached hydrogens (primary N) is 1. The maximum absolute atomic E-state index is 7.67. The maximum Gasteiger partial charge on any atom is 0.173 e. The quantitative estimate of drug-likeness (QED) is 0.109. The molecular weight excluding hydrogens is 550 g/mol. The summed E-state index contributed by atoms with van der Waals surface area (Å²) in [7, 11) is 7.37. The van der Waals surface area contributed by atoms with Gasteiger partial charge >= 0.3 is 0 Å². The summed E-state index contributed by atoms with van der Waals surface area (Å²) in [4.78, 5) is 11.2. The maximum atomic E-state index is 7.67. The monoisotopic (exact) mass is 599 g/mol. The van der Waals surface area contributed by atoms with Gasteiger partial charge in [-0.2, -0.15) is 0 Å². The van der Waals surface area contributed by atoms with Gasteiger partial charge in [0.2, 0.25) is 0 Å². The van der Waals surface area contributed by atoms with Crippen LogP contribution >= 0.6 is 11.6 Å². The lowest BCUT2D eigenvalue weighted by Crippen LogP contribution is -2.19. The van der Waals surface area contributed by atoms with Crippen molar-refractivity contribution in [1.29, 1.82) is 0 Å². The minimum Gasteiger partial charge on any atom is -0.397 e. The number of likely N-dealkylation sites (N-methyl/N-ethyl adjacent to an activating group) is 1. The van der Waals surface area contributed by atoms with Gasteiger partial charge in [0.05, 0.1) is 22.6 Å². The second-order valence-electron chi connectivity index (χ2n) is 9.35. The van der Waals surface area contributed by atoms with Crippen LogP contribution in [0.2, 0.25) is 5.02 Å². The third kappa shape index (κ3) is 18.2. The minimum absolute atomic E-state index is 0.250. The van der Waals surface area contributed by atoms with Crippen molar-refractivity contribution >= 4 is 35.0 Å². The smallest absolute Gasteiger partial charge is 0.173 e. The zero-order chi connectivity index (χ0) is 31.9. The third-order valence-corrected chi connectivity index (χ3v) is 5.55. The molecule has 42 heavy (non-hydrogen) atoms. The lowest BCUT2D eigenvalue weighted by atomic mass is 10.1. The van der Waals surface area contributed by atoms with Gasteiger partial charge in [0.1, 0.15) is 0 Å². The molecule has 9 nitrogen and oxygen atoms in total. The molecule has 0 fully saturated rings. The Labute approximate surface area is 257 Å². The Hall–Kier alpha value is -3.31. The molecule has 0 atom stereocenters. The molecule has 0 saturated carbocycles. The van der Waals surface area contributed by atoms with E-state index in [1.165, 1.54) is 23.7 Å². The molecule has 1 aromatic heterocycles. The van der Waals surface area contributed by atoms with Gasteiger partial charge in [0, 0.05) is 27.2 Å². The number of hydrazine groups is 1. The number of hydrogen-bond donors (Lipinski definition) is 5. The molecule has 0 radical (unpaired) electrons. The summed E-state index contributed by atoms with van der Waals surface area (Å²) in [6.45, 7) is 9.27. The normalized spacial score (nSPS) is 10.5. The van der Waals surface area contributed by atoms with Gasteiger partial charge in [0.25, 0.3) is 0 Å². The molecule has 0 saturated heterocycles. The Bertz CT molecular complexity index is 1200. The number of rotatable bonds is 9. The van der Waals surface area contributed by atoms with E-state index in [0.29, 0.717) is 21.8 Å². The molecule has 0 unspecified atom stereocenters. The van der Waals surface area contributed by atoms with E-state index in [2.05, 4.69) is 83.6 Å². The molecule has 6 N–H and O–H groups in total. The van der Waals surface area contributed by atoms with Gasteiger partial charge in [-0.15, -0.1) is 5.17 Å². The van der Waals surface area contributed by atoms with Crippen molar-refractivity contribution in [2.24, 2.45) is 5.84 Å². The fraction of sp³-hybridized carbons (Fsp3) is 0.375. The zero-order valence-corrected chi connectivity index (χ0v) is 27.2. The van der Waals surface area contributed by atoms with E-state index < -0.39 is 0 Å². The van der Waals surface area contributed by atoms with Crippen LogP contribution in [0.5, 0.6) is 0 Å². The predicted octanol–water partition coefficient (Wildman–Crippen LogP) is 6.35. The average Bonchev–Trinajstić information content (AvgIpc) is 2.94. The molecule has 3 aromatic rings. The SMILES string of the molecule is C/C=C\C=C/c1cnc(Nc2cc(CC)ccc2Cl)c(NC)n1.CCO.CN(N)O.Cc1cccc(CCN(C)C)c1. The first-order valence-corrected chi connectivity index (χ1v) is 14.3. The molecule has 10 heteroatoms. The minimum atomic E-state index is 0.250. The zero-order valence-electron chi connectivity index (χ0n) is 26.4. The van der Waals surface area contributed by atoms with E-state index in [0.717, 1.165) is 30.8 Å².